The largest absolute Gasteiger partial charge is 0.356 e. The van der Waals surface area contributed by atoms with Gasteiger partial charge in [0.1, 0.15) is 10.8 Å². The van der Waals surface area contributed by atoms with Gasteiger partial charge in [0, 0.05) is 31.2 Å². The van der Waals surface area contributed by atoms with E-state index in [9.17, 15) is 0 Å². The molecule has 0 aliphatic carbocycles. The quantitative estimate of drug-likeness (QED) is 0.381. The van der Waals surface area contributed by atoms with Gasteiger partial charge in [0.2, 0.25) is 0 Å². The lowest BCUT2D eigenvalue weighted by Crippen LogP contribution is -2.37. The van der Waals surface area contributed by atoms with E-state index in [1.165, 1.54) is 10.4 Å². The standard InChI is InChI=1S/C19H26N6S/c1-4-15-12-22-18(26-15)13-23-19(20-3)21-10-7-11-25-14(2)24-16-8-5-6-9-17(16)25/h5-6,8-9,12H,4,7,10-11,13H2,1-3H3,(H2,20,21,23). The lowest BCUT2D eigenvalue weighted by atomic mass is 10.3. The maximum Gasteiger partial charge on any atom is 0.191 e. The highest BCUT2D eigenvalue weighted by atomic mass is 32.1. The Morgan fingerprint density at radius 3 is 2.88 bits per heavy atom. The predicted molar refractivity (Wildman–Crippen MR) is 109 cm³/mol. The summed E-state index contributed by atoms with van der Waals surface area (Å²) < 4.78 is 2.27. The molecule has 2 N–H and O–H groups in total. The second kappa shape index (κ2) is 8.80. The molecule has 0 aliphatic rings. The molecule has 3 aromatic rings. The molecular formula is C19H26N6S. The zero-order chi connectivity index (χ0) is 18.4. The van der Waals surface area contributed by atoms with Gasteiger partial charge in [-0.1, -0.05) is 19.1 Å². The molecule has 1 aromatic carbocycles. The molecule has 0 bridgehead atoms. The Balaban J connectivity index is 1.46. The first kappa shape index (κ1) is 18.4. The van der Waals surface area contributed by atoms with Crippen LogP contribution >= 0.6 is 11.3 Å². The highest BCUT2D eigenvalue weighted by Gasteiger charge is 2.06. The Kier molecular flexibility index (Phi) is 6.22. The molecule has 0 unspecified atom stereocenters. The topological polar surface area (TPSA) is 67.1 Å². The summed E-state index contributed by atoms with van der Waals surface area (Å²) in [5.41, 5.74) is 2.26. The van der Waals surface area contributed by atoms with Gasteiger partial charge in [0.05, 0.1) is 17.6 Å². The van der Waals surface area contributed by atoms with E-state index in [0.717, 1.165) is 48.2 Å². The summed E-state index contributed by atoms with van der Waals surface area (Å²) in [4.78, 5) is 14.6. The number of hydrogen-bond donors (Lipinski definition) is 2. The van der Waals surface area contributed by atoms with Crippen LogP contribution in [-0.4, -0.2) is 34.1 Å². The van der Waals surface area contributed by atoms with Crippen LogP contribution in [0.25, 0.3) is 11.0 Å². The summed E-state index contributed by atoms with van der Waals surface area (Å²) >= 11 is 1.75. The van der Waals surface area contributed by atoms with Crippen LogP contribution < -0.4 is 10.6 Å². The Bertz CT molecular complexity index is 879. The van der Waals surface area contributed by atoms with E-state index in [1.807, 2.05) is 12.3 Å². The lowest BCUT2D eigenvalue weighted by molar-refractivity contribution is 0.624. The Morgan fingerprint density at radius 1 is 1.27 bits per heavy atom. The van der Waals surface area contributed by atoms with Crippen LogP contribution in [0.15, 0.2) is 35.5 Å². The average Bonchev–Trinajstić information content (AvgIpc) is 3.25. The fourth-order valence-corrected chi connectivity index (χ4v) is 3.70. The molecule has 0 amide bonds. The molecule has 6 nitrogen and oxygen atoms in total. The predicted octanol–water partition coefficient (Wildman–Crippen LogP) is 3.12. The SMILES string of the molecule is CCc1cnc(CNC(=NC)NCCCn2c(C)nc3ccccc32)s1. The van der Waals surface area contributed by atoms with E-state index >= 15 is 0 Å². The van der Waals surface area contributed by atoms with Crippen LogP contribution in [0.2, 0.25) is 0 Å². The van der Waals surface area contributed by atoms with Crippen LogP contribution in [0.1, 0.15) is 29.1 Å². The second-order valence-electron chi connectivity index (χ2n) is 6.08. The van der Waals surface area contributed by atoms with Crippen molar-refractivity contribution in [2.75, 3.05) is 13.6 Å². The van der Waals surface area contributed by atoms with E-state index in [4.69, 9.17) is 0 Å². The minimum atomic E-state index is 0.704. The van der Waals surface area contributed by atoms with Crippen molar-refractivity contribution in [1.82, 2.24) is 25.2 Å². The average molecular weight is 371 g/mol. The van der Waals surface area contributed by atoms with Gasteiger partial charge in [-0.3, -0.25) is 4.99 Å². The van der Waals surface area contributed by atoms with Gasteiger partial charge >= 0.3 is 0 Å². The Labute approximate surface area is 158 Å². The molecule has 0 aliphatic heterocycles. The van der Waals surface area contributed by atoms with Gasteiger partial charge in [0.15, 0.2) is 5.96 Å². The maximum atomic E-state index is 4.62. The van der Waals surface area contributed by atoms with Crippen molar-refractivity contribution in [2.45, 2.75) is 39.8 Å². The summed E-state index contributed by atoms with van der Waals surface area (Å²) in [5, 5.41) is 7.79. The molecule has 2 heterocycles. The van der Waals surface area contributed by atoms with Crippen molar-refractivity contribution in [3.05, 3.63) is 46.2 Å². The number of hydrogen-bond acceptors (Lipinski definition) is 4. The number of para-hydroxylation sites is 2. The Hall–Kier alpha value is -2.41. The third-order valence-corrected chi connectivity index (χ3v) is 5.42. The summed E-state index contributed by atoms with van der Waals surface area (Å²) in [6, 6.07) is 8.28. The summed E-state index contributed by atoms with van der Waals surface area (Å²) in [5.74, 6) is 1.87. The highest BCUT2D eigenvalue weighted by molar-refractivity contribution is 7.11. The van der Waals surface area contributed by atoms with Crippen molar-refractivity contribution in [2.24, 2.45) is 4.99 Å². The molecule has 2 aromatic heterocycles. The van der Waals surface area contributed by atoms with Gasteiger partial charge in [0.25, 0.3) is 0 Å². The minimum absolute atomic E-state index is 0.704. The van der Waals surface area contributed by atoms with Crippen molar-refractivity contribution in [1.29, 1.82) is 0 Å². The van der Waals surface area contributed by atoms with Crippen LogP contribution in [0.3, 0.4) is 0 Å². The number of fused-ring (bicyclic) bond motifs is 1. The normalized spacial score (nSPS) is 11.9. The number of aromatic nitrogens is 3. The third kappa shape index (κ3) is 4.40. The molecule has 26 heavy (non-hydrogen) atoms. The zero-order valence-electron chi connectivity index (χ0n) is 15.6. The van der Waals surface area contributed by atoms with Crippen LogP contribution in [0.4, 0.5) is 0 Å². The van der Waals surface area contributed by atoms with Crippen LogP contribution in [-0.2, 0) is 19.5 Å². The monoisotopic (exact) mass is 370 g/mol. The second-order valence-corrected chi connectivity index (χ2v) is 7.28. The van der Waals surface area contributed by atoms with Gasteiger partial charge in [-0.25, -0.2) is 9.97 Å². The molecular weight excluding hydrogens is 344 g/mol. The van der Waals surface area contributed by atoms with Crippen LogP contribution in [0.5, 0.6) is 0 Å². The van der Waals surface area contributed by atoms with Crippen molar-refractivity contribution in [3.8, 4) is 0 Å². The number of aryl methyl sites for hydroxylation is 3. The van der Waals surface area contributed by atoms with Gasteiger partial charge in [-0.15, -0.1) is 11.3 Å². The van der Waals surface area contributed by atoms with E-state index < -0.39 is 0 Å². The first-order chi connectivity index (χ1) is 12.7. The van der Waals surface area contributed by atoms with Crippen molar-refractivity contribution >= 4 is 28.3 Å². The number of nitrogens with one attached hydrogen (secondary N) is 2. The number of rotatable bonds is 7. The van der Waals surface area contributed by atoms with Gasteiger partial charge in [-0.05, 0) is 31.9 Å². The number of benzene rings is 1. The maximum absolute atomic E-state index is 4.62. The zero-order valence-corrected chi connectivity index (χ0v) is 16.4. The fraction of sp³-hybridized carbons (Fsp3) is 0.421. The molecule has 7 heteroatoms. The minimum Gasteiger partial charge on any atom is -0.356 e. The number of nitrogens with zero attached hydrogens (tertiary/aromatic N) is 4. The summed E-state index contributed by atoms with van der Waals surface area (Å²) in [6.45, 7) is 6.70. The molecule has 0 atom stereocenters. The number of aliphatic imine (C=N–C) groups is 1. The highest BCUT2D eigenvalue weighted by Crippen LogP contribution is 2.15. The van der Waals surface area contributed by atoms with E-state index in [-0.39, 0.29) is 0 Å². The molecule has 3 rings (SSSR count). The van der Waals surface area contributed by atoms with E-state index in [1.54, 1.807) is 18.4 Å². The smallest absolute Gasteiger partial charge is 0.191 e. The van der Waals surface area contributed by atoms with Crippen molar-refractivity contribution in [3.63, 3.8) is 0 Å². The van der Waals surface area contributed by atoms with E-state index in [0.29, 0.717) is 6.54 Å². The summed E-state index contributed by atoms with van der Waals surface area (Å²) in [6.07, 6.45) is 3.99. The first-order valence-electron chi connectivity index (χ1n) is 9.01. The molecule has 138 valence electrons. The number of imidazole rings is 1. The number of guanidine groups is 1. The molecule has 0 radical (unpaired) electrons. The van der Waals surface area contributed by atoms with Crippen LogP contribution in [0, 0.1) is 6.92 Å². The fourth-order valence-electron chi connectivity index (χ4n) is 2.90. The third-order valence-electron chi connectivity index (χ3n) is 4.28. The molecule has 0 fully saturated rings. The van der Waals surface area contributed by atoms with Gasteiger partial charge in [-0.2, -0.15) is 0 Å². The lowest BCUT2D eigenvalue weighted by Gasteiger charge is -2.12. The Morgan fingerprint density at radius 2 is 2.12 bits per heavy atom. The molecule has 0 saturated carbocycles. The first-order valence-corrected chi connectivity index (χ1v) is 9.83. The van der Waals surface area contributed by atoms with Crippen molar-refractivity contribution < 1.29 is 0 Å². The number of thiazole rings is 1. The van der Waals surface area contributed by atoms with Gasteiger partial charge < -0.3 is 15.2 Å². The molecule has 0 saturated heterocycles. The summed E-state index contributed by atoms with van der Waals surface area (Å²) in [7, 11) is 1.79. The van der Waals surface area contributed by atoms with E-state index in [2.05, 4.69) is 62.2 Å². The molecule has 0 spiro atoms.